The van der Waals surface area contributed by atoms with E-state index in [1.54, 1.807) is 0 Å². The number of amides is 2. The maximum atomic E-state index is 13.5. The summed E-state index contributed by atoms with van der Waals surface area (Å²) in [4.78, 5) is 33.9. The Labute approximate surface area is 214 Å². The van der Waals surface area contributed by atoms with Gasteiger partial charge >= 0.3 is 0 Å². The minimum Gasteiger partial charge on any atom is -0.358 e. The number of carbonyl (C=O) groups excluding carboxylic acids is 2. The predicted molar refractivity (Wildman–Crippen MR) is 148 cm³/mol. The van der Waals surface area contributed by atoms with E-state index in [9.17, 15) is 9.59 Å². The maximum absolute atomic E-state index is 13.5. The second kappa shape index (κ2) is 8.91. The third kappa shape index (κ3) is 3.69. The van der Waals surface area contributed by atoms with E-state index >= 15 is 0 Å². The monoisotopic (exact) mass is 488 g/mol. The molecule has 1 aliphatic rings. The number of aromatic nitrogens is 2. The third-order valence-corrected chi connectivity index (χ3v) is 7.31. The zero-order valence-electron chi connectivity index (χ0n) is 20.9. The molecule has 2 amide bonds. The van der Waals surface area contributed by atoms with Crippen LogP contribution in [0.15, 0.2) is 66.7 Å². The zero-order valence-corrected chi connectivity index (χ0v) is 20.9. The summed E-state index contributed by atoms with van der Waals surface area (Å²) < 4.78 is 0. The standard InChI is InChI=1S/C31H28N4O2/c1-3-20-10-7-12-22-26(24(34-29(20)22)15-18-8-6-9-19(14-18)16-32)28-27(30(36)35-31(28)37)25-17(2)33-23-13-5-4-11-21(23)25/h4-14,33-34H,3,15-16,32H2,1-2H3,(H,35,36,37). The number of aromatic amines is 2. The summed E-state index contributed by atoms with van der Waals surface area (Å²) in [5, 5.41) is 4.46. The first-order valence-electron chi connectivity index (χ1n) is 12.6. The van der Waals surface area contributed by atoms with Gasteiger partial charge in [0.15, 0.2) is 0 Å². The van der Waals surface area contributed by atoms with Gasteiger partial charge < -0.3 is 15.7 Å². The summed E-state index contributed by atoms with van der Waals surface area (Å²) in [5.41, 5.74) is 15.3. The highest BCUT2D eigenvalue weighted by atomic mass is 16.2. The highest BCUT2D eigenvalue weighted by Crippen LogP contribution is 2.41. The van der Waals surface area contributed by atoms with Crippen LogP contribution in [0, 0.1) is 6.92 Å². The number of nitrogens with one attached hydrogen (secondary N) is 3. The molecule has 6 rings (SSSR count). The molecule has 5 aromatic rings. The van der Waals surface area contributed by atoms with Crippen molar-refractivity contribution in [1.82, 2.24) is 15.3 Å². The summed E-state index contributed by atoms with van der Waals surface area (Å²) in [5.74, 6) is -0.741. The second-order valence-electron chi connectivity index (χ2n) is 9.58. The number of hydrogen-bond acceptors (Lipinski definition) is 3. The summed E-state index contributed by atoms with van der Waals surface area (Å²) in [7, 11) is 0. The van der Waals surface area contributed by atoms with Gasteiger partial charge in [-0.1, -0.05) is 67.6 Å². The summed E-state index contributed by atoms with van der Waals surface area (Å²) in [6.07, 6.45) is 1.42. The molecule has 0 atom stereocenters. The topological polar surface area (TPSA) is 104 Å². The molecule has 0 spiro atoms. The first kappa shape index (κ1) is 23.0. The number of para-hydroxylation sites is 2. The van der Waals surface area contributed by atoms with Gasteiger partial charge in [-0.2, -0.15) is 0 Å². The summed E-state index contributed by atoms with van der Waals surface area (Å²) >= 11 is 0. The van der Waals surface area contributed by atoms with Crippen LogP contribution in [0.25, 0.3) is 33.0 Å². The average molecular weight is 489 g/mol. The van der Waals surface area contributed by atoms with Crippen LogP contribution in [0.1, 0.15) is 46.1 Å². The van der Waals surface area contributed by atoms with Gasteiger partial charge in [0.1, 0.15) is 0 Å². The number of hydrogen-bond donors (Lipinski definition) is 4. The van der Waals surface area contributed by atoms with Crippen LogP contribution in [0.2, 0.25) is 0 Å². The van der Waals surface area contributed by atoms with Gasteiger partial charge in [-0.15, -0.1) is 0 Å². The van der Waals surface area contributed by atoms with Crippen LogP contribution in [0.5, 0.6) is 0 Å². The number of nitrogens with two attached hydrogens (primary N) is 1. The van der Waals surface area contributed by atoms with Crippen molar-refractivity contribution in [2.75, 3.05) is 0 Å². The number of carbonyl (C=O) groups is 2. The van der Waals surface area contributed by atoms with Crippen LogP contribution in [-0.2, 0) is 29.0 Å². The van der Waals surface area contributed by atoms with Crippen LogP contribution >= 0.6 is 0 Å². The van der Waals surface area contributed by atoms with Crippen molar-refractivity contribution >= 4 is 44.8 Å². The molecule has 37 heavy (non-hydrogen) atoms. The van der Waals surface area contributed by atoms with Gasteiger partial charge in [-0.25, -0.2) is 0 Å². The molecule has 0 radical (unpaired) electrons. The predicted octanol–water partition coefficient (Wildman–Crippen LogP) is 5.14. The fourth-order valence-electron chi connectivity index (χ4n) is 5.65. The third-order valence-electron chi connectivity index (χ3n) is 7.31. The van der Waals surface area contributed by atoms with Crippen LogP contribution < -0.4 is 11.1 Å². The van der Waals surface area contributed by atoms with Crippen LogP contribution in [0.4, 0.5) is 0 Å². The molecular formula is C31H28N4O2. The quantitative estimate of drug-likeness (QED) is 0.249. The lowest BCUT2D eigenvalue weighted by Gasteiger charge is -2.09. The Kier molecular flexibility index (Phi) is 5.54. The van der Waals surface area contributed by atoms with Crippen molar-refractivity contribution in [2.45, 2.75) is 33.2 Å². The van der Waals surface area contributed by atoms with Crippen molar-refractivity contribution in [2.24, 2.45) is 5.73 Å². The highest BCUT2D eigenvalue weighted by molar-refractivity contribution is 6.51. The van der Waals surface area contributed by atoms with Crippen molar-refractivity contribution in [3.63, 3.8) is 0 Å². The normalized spacial score (nSPS) is 13.8. The fraction of sp³-hybridized carbons (Fsp3) is 0.161. The van der Waals surface area contributed by atoms with E-state index in [1.807, 2.05) is 55.5 Å². The van der Waals surface area contributed by atoms with Gasteiger partial charge in [0.05, 0.1) is 11.1 Å². The van der Waals surface area contributed by atoms with Gasteiger partial charge in [-0.3, -0.25) is 14.9 Å². The minimum atomic E-state index is -0.371. The largest absolute Gasteiger partial charge is 0.358 e. The molecule has 0 saturated carbocycles. The van der Waals surface area contributed by atoms with E-state index in [2.05, 4.69) is 40.4 Å². The number of rotatable bonds is 6. The van der Waals surface area contributed by atoms with E-state index < -0.39 is 0 Å². The lowest BCUT2D eigenvalue weighted by atomic mass is 9.91. The maximum Gasteiger partial charge on any atom is 0.259 e. The lowest BCUT2D eigenvalue weighted by Crippen LogP contribution is -2.23. The van der Waals surface area contributed by atoms with Crippen molar-refractivity contribution in [3.05, 3.63) is 106 Å². The smallest absolute Gasteiger partial charge is 0.259 e. The molecule has 6 heteroatoms. The van der Waals surface area contributed by atoms with Crippen molar-refractivity contribution in [3.8, 4) is 0 Å². The van der Waals surface area contributed by atoms with E-state index in [0.717, 1.165) is 67.4 Å². The Morgan fingerprint density at radius 1 is 0.784 bits per heavy atom. The van der Waals surface area contributed by atoms with E-state index in [0.29, 0.717) is 24.1 Å². The molecule has 5 N–H and O–H groups in total. The molecule has 1 aliphatic heterocycles. The Morgan fingerprint density at radius 3 is 2.27 bits per heavy atom. The molecule has 0 aliphatic carbocycles. The lowest BCUT2D eigenvalue weighted by molar-refractivity contribution is -0.122. The summed E-state index contributed by atoms with van der Waals surface area (Å²) in [6, 6.07) is 22.2. The number of aryl methyl sites for hydroxylation is 2. The summed E-state index contributed by atoms with van der Waals surface area (Å²) in [6.45, 7) is 4.52. The molecule has 0 bridgehead atoms. The molecule has 2 aromatic heterocycles. The zero-order chi connectivity index (χ0) is 25.7. The van der Waals surface area contributed by atoms with Gasteiger partial charge in [-0.05, 0) is 36.1 Å². The average Bonchev–Trinajstić information content (AvgIpc) is 3.52. The Bertz CT molecular complexity index is 1750. The SMILES string of the molecule is CCc1cccc2c(C3=C(c4c(C)[nH]c5ccccc45)C(=O)NC3=O)c(Cc3cccc(CN)c3)[nH]c12. The van der Waals surface area contributed by atoms with E-state index in [1.165, 1.54) is 0 Å². The first-order valence-corrected chi connectivity index (χ1v) is 12.6. The molecule has 6 nitrogen and oxygen atoms in total. The van der Waals surface area contributed by atoms with Gasteiger partial charge in [0, 0.05) is 57.3 Å². The first-order chi connectivity index (χ1) is 18.0. The van der Waals surface area contributed by atoms with Crippen LogP contribution in [-0.4, -0.2) is 21.8 Å². The Morgan fingerprint density at radius 2 is 1.49 bits per heavy atom. The molecule has 184 valence electrons. The molecule has 0 saturated heterocycles. The van der Waals surface area contributed by atoms with E-state index in [4.69, 9.17) is 5.73 Å². The van der Waals surface area contributed by atoms with Crippen molar-refractivity contribution < 1.29 is 9.59 Å². The molecule has 0 unspecified atom stereocenters. The van der Waals surface area contributed by atoms with Crippen molar-refractivity contribution in [1.29, 1.82) is 0 Å². The molecular weight excluding hydrogens is 460 g/mol. The number of imide groups is 1. The minimum absolute atomic E-state index is 0.370. The number of H-pyrrole nitrogens is 2. The Balaban J connectivity index is 1.67. The number of fused-ring (bicyclic) bond motifs is 2. The van der Waals surface area contributed by atoms with Gasteiger partial charge in [0.2, 0.25) is 0 Å². The fourth-order valence-corrected chi connectivity index (χ4v) is 5.65. The Hall–Kier alpha value is -4.42. The van der Waals surface area contributed by atoms with E-state index in [-0.39, 0.29) is 11.8 Å². The molecule has 3 aromatic carbocycles. The highest BCUT2D eigenvalue weighted by Gasteiger charge is 2.37. The second-order valence-corrected chi connectivity index (χ2v) is 9.58. The molecule has 3 heterocycles. The van der Waals surface area contributed by atoms with Gasteiger partial charge in [0.25, 0.3) is 11.8 Å². The molecule has 0 fully saturated rings. The number of benzene rings is 3. The van der Waals surface area contributed by atoms with Crippen LogP contribution in [0.3, 0.4) is 0 Å².